The molecule has 1 aromatic heterocycles. The van der Waals surface area contributed by atoms with Gasteiger partial charge < -0.3 is 9.84 Å². The summed E-state index contributed by atoms with van der Waals surface area (Å²) in [4.78, 5) is 18.8. The van der Waals surface area contributed by atoms with E-state index in [1.54, 1.807) is 12.1 Å². The molecule has 2 aromatic rings. The van der Waals surface area contributed by atoms with Gasteiger partial charge in [-0.05, 0) is 37.1 Å². The van der Waals surface area contributed by atoms with E-state index in [1.165, 1.54) is 28.8 Å². The van der Waals surface area contributed by atoms with Crippen LogP contribution in [0.2, 0.25) is 0 Å². The predicted molar refractivity (Wildman–Crippen MR) is 87.8 cm³/mol. The Kier molecular flexibility index (Phi) is 4.95. The lowest BCUT2D eigenvalue weighted by atomic mass is 10.3. The first-order valence-corrected chi connectivity index (χ1v) is 9.18. The average Bonchev–Trinajstić information content (AvgIpc) is 3.16. The summed E-state index contributed by atoms with van der Waals surface area (Å²) in [5, 5.41) is 8.79. The fourth-order valence-electron chi connectivity index (χ4n) is 2.47. The van der Waals surface area contributed by atoms with E-state index in [0.717, 1.165) is 12.8 Å². The molecule has 132 valence electrons. The minimum absolute atomic E-state index is 0.000206. The smallest absolute Gasteiger partial charge is 0.338 e. The van der Waals surface area contributed by atoms with Crippen molar-refractivity contribution in [3.63, 3.8) is 0 Å². The molecule has 0 unspecified atom stereocenters. The molecule has 8 nitrogen and oxygen atoms in total. The first-order valence-electron chi connectivity index (χ1n) is 7.74. The molecule has 0 spiro atoms. The third kappa shape index (κ3) is 3.94. The Morgan fingerprint density at radius 1 is 1.12 bits per heavy atom. The molecule has 1 fully saturated rings. The molecule has 0 saturated carbocycles. The molecule has 0 radical (unpaired) electrons. The third-order valence-corrected chi connectivity index (χ3v) is 5.76. The van der Waals surface area contributed by atoms with E-state index in [9.17, 15) is 13.2 Å². The summed E-state index contributed by atoms with van der Waals surface area (Å²) in [6.07, 6.45) is 4.20. The van der Waals surface area contributed by atoms with Crippen molar-refractivity contribution >= 4 is 16.0 Å². The van der Waals surface area contributed by atoms with Crippen LogP contribution >= 0.6 is 0 Å². The van der Waals surface area contributed by atoms with Crippen LogP contribution in [0.1, 0.15) is 29.0 Å². The van der Waals surface area contributed by atoms with Gasteiger partial charge in [0.05, 0.1) is 10.5 Å². The first-order chi connectivity index (χ1) is 12.0. The van der Waals surface area contributed by atoms with Crippen LogP contribution in [0.5, 0.6) is 5.75 Å². The highest BCUT2D eigenvalue weighted by Crippen LogP contribution is 2.23. The lowest BCUT2D eigenvalue weighted by Crippen LogP contribution is -2.27. The number of carbonyl (C=O) groups is 1. The minimum atomic E-state index is -3.44. The molecule has 25 heavy (non-hydrogen) atoms. The number of carboxylic acid groups (broad SMARTS) is 1. The summed E-state index contributed by atoms with van der Waals surface area (Å²) < 4.78 is 31.8. The Morgan fingerprint density at radius 2 is 1.72 bits per heavy atom. The van der Waals surface area contributed by atoms with Crippen LogP contribution in [0.3, 0.4) is 0 Å². The van der Waals surface area contributed by atoms with Crippen LogP contribution in [0, 0.1) is 0 Å². The average molecular weight is 363 g/mol. The molecule has 0 amide bonds. The number of carboxylic acids is 1. The maximum atomic E-state index is 12.4. The molecular formula is C16H17N3O5S. The first kappa shape index (κ1) is 17.3. The number of aromatic carboxylic acids is 1. The lowest BCUT2D eigenvalue weighted by Gasteiger charge is -2.15. The molecule has 1 N–H and O–H groups in total. The number of rotatable bonds is 6. The van der Waals surface area contributed by atoms with Crippen LogP contribution in [0.25, 0.3) is 0 Å². The third-order valence-electron chi connectivity index (χ3n) is 3.85. The summed E-state index contributed by atoms with van der Waals surface area (Å²) in [5.74, 6) is -0.285. The zero-order valence-electron chi connectivity index (χ0n) is 13.3. The minimum Gasteiger partial charge on any atom is -0.486 e. The molecule has 1 saturated heterocycles. The van der Waals surface area contributed by atoms with Gasteiger partial charge in [0.2, 0.25) is 10.0 Å². The maximum absolute atomic E-state index is 12.4. The molecule has 1 aliphatic rings. The number of nitrogens with zero attached hydrogens (tertiary/aromatic N) is 3. The van der Waals surface area contributed by atoms with Gasteiger partial charge in [-0.15, -0.1) is 0 Å². The topological polar surface area (TPSA) is 110 Å². The Labute approximate surface area is 145 Å². The van der Waals surface area contributed by atoms with Crippen LogP contribution < -0.4 is 4.74 Å². The van der Waals surface area contributed by atoms with E-state index in [-0.39, 0.29) is 17.1 Å². The van der Waals surface area contributed by atoms with Crippen molar-refractivity contribution in [3.05, 3.63) is 48.0 Å². The van der Waals surface area contributed by atoms with Crippen LogP contribution in [-0.4, -0.2) is 46.9 Å². The number of aromatic nitrogens is 2. The quantitative estimate of drug-likeness (QED) is 0.829. The number of benzene rings is 1. The molecule has 1 aliphatic heterocycles. The maximum Gasteiger partial charge on any atom is 0.338 e. The van der Waals surface area contributed by atoms with Crippen molar-refractivity contribution in [1.82, 2.24) is 14.3 Å². The van der Waals surface area contributed by atoms with Gasteiger partial charge >= 0.3 is 5.97 Å². The number of hydrogen-bond donors (Lipinski definition) is 1. The number of ether oxygens (including phenoxy) is 1. The SMILES string of the molecule is O=C(O)c1cnc(COc2ccc(S(=O)(=O)N3CCCC3)cc2)nc1. The van der Waals surface area contributed by atoms with Crippen LogP contribution in [-0.2, 0) is 16.6 Å². The van der Waals surface area contributed by atoms with E-state index in [4.69, 9.17) is 9.84 Å². The number of hydrogen-bond acceptors (Lipinski definition) is 6. The second-order valence-electron chi connectivity index (χ2n) is 5.56. The van der Waals surface area contributed by atoms with Crippen molar-refractivity contribution in [2.75, 3.05) is 13.1 Å². The molecule has 9 heteroatoms. The van der Waals surface area contributed by atoms with Crippen molar-refractivity contribution in [2.45, 2.75) is 24.3 Å². The van der Waals surface area contributed by atoms with Gasteiger partial charge in [0.15, 0.2) is 5.82 Å². The normalized spacial score (nSPS) is 15.2. The summed E-state index contributed by atoms with van der Waals surface area (Å²) >= 11 is 0. The largest absolute Gasteiger partial charge is 0.486 e. The van der Waals surface area contributed by atoms with E-state index in [1.807, 2.05) is 0 Å². The van der Waals surface area contributed by atoms with E-state index >= 15 is 0 Å². The van der Waals surface area contributed by atoms with Crippen LogP contribution in [0.4, 0.5) is 0 Å². The summed E-state index contributed by atoms with van der Waals surface area (Å²) in [6, 6.07) is 6.18. The van der Waals surface area contributed by atoms with Gasteiger partial charge in [-0.1, -0.05) is 0 Å². The summed E-state index contributed by atoms with van der Waals surface area (Å²) in [7, 11) is -3.44. The van der Waals surface area contributed by atoms with E-state index in [2.05, 4.69) is 9.97 Å². The van der Waals surface area contributed by atoms with Crippen molar-refractivity contribution < 1.29 is 23.1 Å². The fraction of sp³-hybridized carbons (Fsp3) is 0.312. The van der Waals surface area contributed by atoms with E-state index in [0.29, 0.717) is 24.7 Å². The molecule has 0 aliphatic carbocycles. The van der Waals surface area contributed by atoms with Gasteiger partial charge in [-0.3, -0.25) is 0 Å². The van der Waals surface area contributed by atoms with Crippen molar-refractivity contribution in [1.29, 1.82) is 0 Å². The highest BCUT2D eigenvalue weighted by molar-refractivity contribution is 7.89. The molecule has 3 rings (SSSR count). The van der Waals surface area contributed by atoms with Crippen molar-refractivity contribution in [3.8, 4) is 5.75 Å². The Bertz CT molecular complexity index is 844. The standard InChI is InChI=1S/C16H17N3O5S/c20-16(21)12-9-17-15(18-10-12)11-24-13-3-5-14(6-4-13)25(22,23)19-7-1-2-8-19/h3-6,9-10H,1-2,7-8,11H2,(H,20,21). The molecule has 0 bridgehead atoms. The van der Waals surface area contributed by atoms with Gasteiger partial charge in [0, 0.05) is 25.5 Å². The summed E-state index contributed by atoms with van der Waals surface area (Å²) in [5.41, 5.74) is 0.000206. The second kappa shape index (κ2) is 7.16. The summed E-state index contributed by atoms with van der Waals surface area (Å²) in [6.45, 7) is 1.17. The lowest BCUT2D eigenvalue weighted by molar-refractivity contribution is 0.0695. The monoisotopic (exact) mass is 363 g/mol. The predicted octanol–water partition coefficient (Wildman–Crippen LogP) is 1.54. The molecular weight excluding hydrogens is 346 g/mol. The number of sulfonamides is 1. The highest BCUT2D eigenvalue weighted by atomic mass is 32.2. The zero-order valence-corrected chi connectivity index (χ0v) is 14.1. The Morgan fingerprint density at radius 3 is 2.28 bits per heavy atom. The van der Waals surface area contributed by atoms with E-state index < -0.39 is 16.0 Å². The van der Waals surface area contributed by atoms with Gasteiger partial charge in [0.1, 0.15) is 12.4 Å². The molecule has 2 heterocycles. The second-order valence-corrected chi connectivity index (χ2v) is 7.50. The molecule has 1 aromatic carbocycles. The van der Waals surface area contributed by atoms with Gasteiger partial charge in [-0.25, -0.2) is 23.2 Å². The molecule has 0 atom stereocenters. The van der Waals surface area contributed by atoms with Gasteiger partial charge in [0.25, 0.3) is 0 Å². The van der Waals surface area contributed by atoms with Crippen LogP contribution in [0.15, 0.2) is 41.6 Å². The Hall–Kier alpha value is -2.52. The van der Waals surface area contributed by atoms with Crippen molar-refractivity contribution in [2.24, 2.45) is 0 Å². The fourth-order valence-corrected chi connectivity index (χ4v) is 3.99. The van der Waals surface area contributed by atoms with Gasteiger partial charge in [-0.2, -0.15) is 4.31 Å². The zero-order chi connectivity index (χ0) is 17.9. The Balaban J connectivity index is 1.63. The highest BCUT2D eigenvalue weighted by Gasteiger charge is 2.26.